The third-order valence-corrected chi connectivity index (χ3v) is 4.72. The van der Waals surface area contributed by atoms with Crippen molar-refractivity contribution < 1.29 is 4.79 Å². The number of ketones is 1. The molecule has 0 saturated carbocycles. The summed E-state index contributed by atoms with van der Waals surface area (Å²) in [5.74, 6) is -0.147. The minimum atomic E-state index is -0.433. The second kappa shape index (κ2) is 6.47. The van der Waals surface area contributed by atoms with Crippen LogP contribution in [-0.4, -0.2) is 25.6 Å². The maximum Gasteiger partial charge on any atom is 0.368 e. The average Bonchev–Trinajstić information content (AvgIpc) is 2.97. The van der Waals surface area contributed by atoms with Crippen LogP contribution in [0.25, 0.3) is 5.69 Å². The largest absolute Gasteiger partial charge is 0.368 e. The lowest BCUT2D eigenvalue weighted by molar-refractivity contribution is 0.0964. The molecule has 1 aromatic heterocycles. The topological polar surface area (TPSA) is 69.8 Å². The number of rotatable bonds is 4. The zero-order valence-corrected chi connectivity index (χ0v) is 14.8. The van der Waals surface area contributed by atoms with Gasteiger partial charge in [0.25, 0.3) is 0 Å². The van der Waals surface area contributed by atoms with E-state index in [4.69, 9.17) is 0 Å². The Balaban J connectivity index is 1.93. The van der Waals surface area contributed by atoms with Crippen LogP contribution in [0.5, 0.6) is 0 Å². The van der Waals surface area contributed by atoms with E-state index >= 15 is 0 Å². The standard InChI is InChI=1S/C19H20N4O2/c1-12-10-17(15(4)14(3)13(12)2)18(24)11-22-19(25)23(21-20-22)16-8-6-5-7-9-16/h5-10H,11H2,1-4H3. The summed E-state index contributed by atoms with van der Waals surface area (Å²) in [6.45, 7) is 7.83. The molecule has 0 amide bonds. The molecule has 0 aliphatic rings. The third kappa shape index (κ3) is 3.03. The number of nitrogens with zero attached hydrogens (tertiary/aromatic N) is 4. The fraction of sp³-hybridized carbons (Fsp3) is 0.263. The van der Waals surface area contributed by atoms with Gasteiger partial charge >= 0.3 is 5.69 Å². The zero-order valence-electron chi connectivity index (χ0n) is 14.8. The maximum atomic E-state index is 12.7. The van der Waals surface area contributed by atoms with Crippen molar-refractivity contribution in [3.8, 4) is 5.69 Å². The van der Waals surface area contributed by atoms with Crippen LogP contribution in [0.2, 0.25) is 0 Å². The molecule has 0 unspecified atom stereocenters. The van der Waals surface area contributed by atoms with Gasteiger partial charge in [0.15, 0.2) is 5.78 Å². The Morgan fingerprint density at radius 1 is 0.960 bits per heavy atom. The molecule has 0 radical (unpaired) electrons. The first kappa shape index (κ1) is 16.8. The number of Topliss-reactive ketones (excluding diaryl/α,β-unsaturated/α-hetero) is 1. The molecule has 6 heteroatoms. The number of hydrogen-bond donors (Lipinski definition) is 0. The number of carbonyl (C=O) groups is 1. The highest BCUT2D eigenvalue weighted by molar-refractivity contribution is 5.97. The summed E-state index contributed by atoms with van der Waals surface area (Å²) in [5.41, 5.74) is 5.09. The van der Waals surface area contributed by atoms with Crippen molar-refractivity contribution in [2.24, 2.45) is 0 Å². The van der Waals surface area contributed by atoms with Crippen LogP contribution in [0.1, 0.15) is 32.6 Å². The lowest BCUT2D eigenvalue weighted by atomic mass is 9.92. The van der Waals surface area contributed by atoms with Gasteiger partial charge in [-0.15, -0.1) is 0 Å². The van der Waals surface area contributed by atoms with E-state index in [2.05, 4.69) is 10.4 Å². The van der Waals surface area contributed by atoms with Crippen LogP contribution in [0.15, 0.2) is 41.2 Å². The zero-order chi connectivity index (χ0) is 18.1. The van der Waals surface area contributed by atoms with Crippen molar-refractivity contribution in [3.05, 3.63) is 74.7 Å². The highest BCUT2D eigenvalue weighted by atomic mass is 16.2. The molecule has 0 fully saturated rings. The van der Waals surface area contributed by atoms with Crippen molar-refractivity contribution >= 4 is 5.78 Å². The first-order valence-electron chi connectivity index (χ1n) is 8.09. The van der Waals surface area contributed by atoms with Gasteiger partial charge in [0.2, 0.25) is 0 Å². The number of para-hydroxylation sites is 1. The van der Waals surface area contributed by atoms with Gasteiger partial charge in [0.05, 0.1) is 5.69 Å². The highest BCUT2D eigenvalue weighted by Gasteiger charge is 2.17. The van der Waals surface area contributed by atoms with Gasteiger partial charge in [-0.25, -0.2) is 4.79 Å². The molecule has 6 nitrogen and oxygen atoms in total. The summed E-state index contributed by atoms with van der Waals surface area (Å²) in [4.78, 5) is 25.2. The number of aryl methyl sites for hydroxylation is 1. The Bertz CT molecular complexity index is 1000. The Morgan fingerprint density at radius 3 is 2.32 bits per heavy atom. The molecular formula is C19H20N4O2. The minimum Gasteiger partial charge on any atom is -0.292 e. The van der Waals surface area contributed by atoms with Gasteiger partial charge < -0.3 is 0 Å². The second-order valence-electron chi connectivity index (χ2n) is 6.21. The number of hydrogen-bond acceptors (Lipinski definition) is 4. The van der Waals surface area contributed by atoms with Crippen molar-refractivity contribution in [1.29, 1.82) is 0 Å². The quantitative estimate of drug-likeness (QED) is 0.687. The molecule has 0 aliphatic carbocycles. The second-order valence-corrected chi connectivity index (χ2v) is 6.21. The number of benzene rings is 2. The van der Waals surface area contributed by atoms with Gasteiger partial charge in [-0.1, -0.05) is 18.2 Å². The molecule has 3 rings (SSSR count). The van der Waals surface area contributed by atoms with Crippen LogP contribution in [0.4, 0.5) is 0 Å². The van der Waals surface area contributed by atoms with Crippen LogP contribution < -0.4 is 5.69 Å². The van der Waals surface area contributed by atoms with Gasteiger partial charge in [-0.05, 0) is 78.6 Å². The van der Waals surface area contributed by atoms with E-state index in [0.717, 1.165) is 21.4 Å². The summed E-state index contributed by atoms with van der Waals surface area (Å²) in [6.07, 6.45) is 0. The normalized spacial score (nSPS) is 10.9. The number of aromatic nitrogens is 4. The van der Waals surface area contributed by atoms with E-state index in [0.29, 0.717) is 11.3 Å². The van der Waals surface area contributed by atoms with Crippen molar-refractivity contribution in [2.45, 2.75) is 34.2 Å². The highest BCUT2D eigenvalue weighted by Crippen LogP contribution is 2.21. The van der Waals surface area contributed by atoms with Crippen molar-refractivity contribution in [1.82, 2.24) is 19.8 Å². The molecular weight excluding hydrogens is 316 g/mol. The molecule has 0 N–H and O–H groups in total. The monoisotopic (exact) mass is 336 g/mol. The first-order chi connectivity index (χ1) is 11.9. The molecule has 25 heavy (non-hydrogen) atoms. The first-order valence-corrected chi connectivity index (χ1v) is 8.09. The average molecular weight is 336 g/mol. The number of tetrazole rings is 1. The molecule has 0 atom stereocenters. The molecule has 0 bridgehead atoms. The molecule has 0 aliphatic heterocycles. The van der Waals surface area contributed by atoms with Crippen LogP contribution in [0.3, 0.4) is 0 Å². The predicted octanol–water partition coefficient (Wildman–Crippen LogP) is 2.55. The molecule has 0 saturated heterocycles. The molecule has 2 aromatic carbocycles. The number of carbonyl (C=O) groups excluding carboxylic acids is 1. The van der Waals surface area contributed by atoms with Gasteiger partial charge in [0, 0.05) is 5.56 Å². The van der Waals surface area contributed by atoms with E-state index in [1.807, 2.05) is 52.0 Å². The van der Waals surface area contributed by atoms with Crippen LogP contribution >= 0.6 is 0 Å². The Labute approximate surface area is 145 Å². The molecule has 1 heterocycles. The van der Waals surface area contributed by atoms with E-state index in [1.165, 1.54) is 10.2 Å². The molecule has 0 spiro atoms. The minimum absolute atomic E-state index is 0.131. The fourth-order valence-electron chi connectivity index (χ4n) is 2.83. The lowest BCUT2D eigenvalue weighted by Crippen LogP contribution is -2.27. The predicted molar refractivity (Wildman–Crippen MR) is 95.3 cm³/mol. The van der Waals surface area contributed by atoms with Gasteiger partial charge in [0.1, 0.15) is 6.54 Å². The van der Waals surface area contributed by atoms with Crippen LogP contribution in [-0.2, 0) is 6.54 Å². The molecule has 128 valence electrons. The summed E-state index contributed by atoms with van der Waals surface area (Å²) < 4.78 is 2.28. The molecule has 3 aromatic rings. The Hall–Kier alpha value is -3.02. The Morgan fingerprint density at radius 2 is 1.64 bits per heavy atom. The van der Waals surface area contributed by atoms with Crippen LogP contribution in [0, 0.1) is 27.7 Å². The van der Waals surface area contributed by atoms with Gasteiger partial charge in [-0.2, -0.15) is 9.36 Å². The van der Waals surface area contributed by atoms with Crippen molar-refractivity contribution in [3.63, 3.8) is 0 Å². The maximum absolute atomic E-state index is 12.7. The van der Waals surface area contributed by atoms with E-state index in [-0.39, 0.29) is 12.3 Å². The van der Waals surface area contributed by atoms with Gasteiger partial charge in [-0.3, -0.25) is 4.79 Å². The van der Waals surface area contributed by atoms with Crippen molar-refractivity contribution in [2.75, 3.05) is 0 Å². The summed E-state index contributed by atoms with van der Waals surface area (Å²) >= 11 is 0. The van der Waals surface area contributed by atoms with E-state index < -0.39 is 5.69 Å². The summed E-state index contributed by atoms with van der Waals surface area (Å²) in [6, 6.07) is 10.9. The summed E-state index contributed by atoms with van der Waals surface area (Å²) in [7, 11) is 0. The SMILES string of the molecule is Cc1cc(C(=O)Cn2nnn(-c3ccccc3)c2=O)c(C)c(C)c1C. The smallest absolute Gasteiger partial charge is 0.292 e. The summed E-state index contributed by atoms with van der Waals surface area (Å²) in [5, 5.41) is 7.72. The lowest BCUT2D eigenvalue weighted by Gasteiger charge is -2.13. The Kier molecular flexibility index (Phi) is 4.35. The van der Waals surface area contributed by atoms with E-state index in [1.54, 1.807) is 12.1 Å². The van der Waals surface area contributed by atoms with E-state index in [9.17, 15) is 9.59 Å². The third-order valence-electron chi connectivity index (χ3n) is 4.72. The fourth-order valence-corrected chi connectivity index (χ4v) is 2.83.